The maximum absolute atomic E-state index is 12.8. The Bertz CT molecular complexity index is 682. The predicted molar refractivity (Wildman–Crippen MR) is 78.9 cm³/mol. The van der Waals surface area contributed by atoms with Crippen LogP contribution in [-0.2, 0) is 22.3 Å². The van der Waals surface area contributed by atoms with E-state index >= 15 is 0 Å². The first kappa shape index (κ1) is 15.5. The van der Waals surface area contributed by atoms with Crippen molar-refractivity contribution in [3.05, 3.63) is 65.5 Å². The Kier molecular flexibility index (Phi) is 4.93. The number of hydrogen-bond donors (Lipinski definition) is 1. The zero-order valence-electron chi connectivity index (χ0n) is 11.5. The van der Waals surface area contributed by atoms with E-state index in [1.807, 2.05) is 0 Å². The minimum absolute atomic E-state index is 0.177. The fourth-order valence-electron chi connectivity index (χ4n) is 1.79. The summed E-state index contributed by atoms with van der Waals surface area (Å²) < 4.78 is 44.2. The van der Waals surface area contributed by atoms with Crippen LogP contribution in [0.5, 0.6) is 5.75 Å². The molecule has 2 aromatic rings. The first-order chi connectivity index (χ1) is 9.98. The molecule has 0 saturated carbocycles. The van der Waals surface area contributed by atoms with E-state index in [1.165, 1.54) is 24.3 Å². The Morgan fingerprint density at radius 1 is 1.00 bits per heavy atom. The maximum atomic E-state index is 12.8. The average molecular weight is 309 g/mol. The van der Waals surface area contributed by atoms with E-state index in [9.17, 15) is 12.8 Å². The summed E-state index contributed by atoms with van der Waals surface area (Å²) in [5.74, 6) is 0.152. The van der Waals surface area contributed by atoms with Crippen molar-refractivity contribution in [3.8, 4) is 5.75 Å². The summed E-state index contributed by atoms with van der Waals surface area (Å²) in [6.45, 7) is 0.202. The first-order valence-electron chi connectivity index (χ1n) is 6.33. The third-order valence-corrected chi connectivity index (χ3v) is 4.22. The lowest BCUT2D eigenvalue weighted by Gasteiger charge is -2.07. The SMILES string of the molecule is COc1ccc(CNS(=O)(=O)Cc2ccc(F)cc2)cc1. The third-order valence-electron chi connectivity index (χ3n) is 2.93. The molecule has 21 heavy (non-hydrogen) atoms. The predicted octanol–water partition coefficient (Wildman–Crippen LogP) is 2.45. The Balaban J connectivity index is 1.95. The van der Waals surface area contributed by atoms with Crippen LogP contribution in [0.1, 0.15) is 11.1 Å². The largest absolute Gasteiger partial charge is 0.497 e. The molecular weight excluding hydrogens is 293 g/mol. The van der Waals surface area contributed by atoms with E-state index < -0.39 is 10.0 Å². The minimum atomic E-state index is -3.47. The molecule has 2 aromatic carbocycles. The van der Waals surface area contributed by atoms with Gasteiger partial charge in [-0.15, -0.1) is 0 Å². The van der Waals surface area contributed by atoms with E-state index in [0.717, 1.165) is 5.56 Å². The monoisotopic (exact) mass is 309 g/mol. The smallest absolute Gasteiger partial charge is 0.216 e. The highest BCUT2D eigenvalue weighted by Crippen LogP contribution is 2.12. The Hall–Kier alpha value is -1.92. The van der Waals surface area contributed by atoms with E-state index in [1.54, 1.807) is 31.4 Å². The summed E-state index contributed by atoms with van der Waals surface area (Å²) in [4.78, 5) is 0. The molecule has 0 atom stereocenters. The van der Waals surface area contributed by atoms with Crippen LogP contribution < -0.4 is 9.46 Å². The second kappa shape index (κ2) is 6.69. The van der Waals surface area contributed by atoms with Crippen molar-refractivity contribution in [3.63, 3.8) is 0 Å². The highest BCUT2D eigenvalue weighted by Gasteiger charge is 2.11. The van der Waals surface area contributed by atoms with Crippen LogP contribution >= 0.6 is 0 Å². The van der Waals surface area contributed by atoms with Gasteiger partial charge in [0, 0.05) is 6.54 Å². The molecule has 0 unspecified atom stereocenters. The summed E-state index contributed by atoms with van der Waals surface area (Å²) in [7, 11) is -1.90. The highest BCUT2D eigenvalue weighted by molar-refractivity contribution is 7.88. The minimum Gasteiger partial charge on any atom is -0.497 e. The second-order valence-corrected chi connectivity index (χ2v) is 6.36. The quantitative estimate of drug-likeness (QED) is 0.892. The van der Waals surface area contributed by atoms with Gasteiger partial charge in [-0.2, -0.15) is 0 Å². The van der Waals surface area contributed by atoms with Gasteiger partial charge in [-0.3, -0.25) is 0 Å². The molecule has 0 amide bonds. The standard InChI is InChI=1S/C15H16FNO3S/c1-20-15-8-4-12(5-9-15)10-17-21(18,19)11-13-2-6-14(16)7-3-13/h2-9,17H,10-11H2,1H3. The van der Waals surface area contributed by atoms with Crippen LogP contribution in [0.2, 0.25) is 0 Å². The number of benzene rings is 2. The van der Waals surface area contributed by atoms with Crippen molar-refractivity contribution in [2.24, 2.45) is 0 Å². The molecule has 0 aliphatic heterocycles. The summed E-state index contributed by atoms with van der Waals surface area (Å²) in [6, 6.07) is 12.5. The molecule has 0 aromatic heterocycles. The van der Waals surface area contributed by atoms with Gasteiger partial charge in [0.2, 0.25) is 10.0 Å². The molecule has 4 nitrogen and oxygen atoms in total. The Morgan fingerprint density at radius 2 is 1.57 bits per heavy atom. The molecule has 0 aliphatic carbocycles. The topological polar surface area (TPSA) is 55.4 Å². The van der Waals surface area contributed by atoms with E-state index in [0.29, 0.717) is 11.3 Å². The molecule has 1 N–H and O–H groups in total. The molecular formula is C15H16FNO3S. The number of sulfonamides is 1. The molecule has 0 heterocycles. The van der Waals surface area contributed by atoms with Crippen LogP contribution in [0.25, 0.3) is 0 Å². The molecule has 0 saturated heterocycles. The van der Waals surface area contributed by atoms with E-state index in [4.69, 9.17) is 4.74 Å². The van der Waals surface area contributed by atoms with Crippen LogP contribution in [0.15, 0.2) is 48.5 Å². The molecule has 0 spiro atoms. The lowest BCUT2D eigenvalue weighted by atomic mass is 10.2. The van der Waals surface area contributed by atoms with Gasteiger partial charge >= 0.3 is 0 Å². The summed E-state index contributed by atoms with van der Waals surface area (Å²) >= 11 is 0. The van der Waals surface area contributed by atoms with Crippen molar-refractivity contribution in [1.29, 1.82) is 0 Å². The second-order valence-electron chi connectivity index (χ2n) is 4.55. The van der Waals surface area contributed by atoms with Gasteiger partial charge in [0.25, 0.3) is 0 Å². The van der Waals surface area contributed by atoms with Crippen LogP contribution in [0.3, 0.4) is 0 Å². The number of rotatable bonds is 6. The van der Waals surface area contributed by atoms with Crippen molar-refractivity contribution in [1.82, 2.24) is 4.72 Å². The molecule has 0 aliphatic rings. The fraction of sp³-hybridized carbons (Fsp3) is 0.200. The zero-order valence-corrected chi connectivity index (χ0v) is 12.4. The number of ether oxygens (including phenoxy) is 1. The van der Waals surface area contributed by atoms with Crippen LogP contribution in [-0.4, -0.2) is 15.5 Å². The third kappa shape index (κ3) is 4.84. The lowest BCUT2D eigenvalue weighted by molar-refractivity contribution is 0.414. The van der Waals surface area contributed by atoms with E-state index in [-0.39, 0.29) is 18.1 Å². The molecule has 0 radical (unpaired) electrons. The molecule has 112 valence electrons. The summed E-state index contributed by atoms with van der Waals surface area (Å²) in [5.41, 5.74) is 1.37. The van der Waals surface area contributed by atoms with Gasteiger partial charge in [-0.1, -0.05) is 24.3 Å². The van der Waals surface area contributed by atoms with Crippen LogP contribution in [0.4, 0.5) is 4.39 Å². The molecule has 0 fully saturated rings. The Labute approximate surface area is 123 Å². The van der Waals surface area contributed by atoms with Crippen molar-refractivity contribution < 1.29 is 17.5 Å². The van der Waals surface area contributed by atoms with Gasteiger partial charge < -0.3 is 4.74 Å². The fourth-order valence-corrected chi connectivity index (χ4v) is 2.91. The summed E-state index contributed by atoms with van der Waals surface area (Å²) in [6.07, 6.45) is 0. The van der Waals surface area contributed by atoms with Crippen molar-refractivity contribution >= 4 is 10.0 Å². The number of nitrogens with one attached hydrogen (secondary N) is 1. The average Bonchev–Trinajstić information content (AvgIpc) is 2.48. The number of hydrogen-bond acceptors (Lipinski definition) is 3. The van der Waals surface area contributed by atoms with E-state index in [2.05, 4.69) is 4.72 Å². The summed E-state index contributed by atoms with van der Waals surface area (Å²) in [5, 5.41) is 0. The number of methoxy groups -OCH3 is 1. The maximum Gasteiger partial charge on any atom is 0.216 e. The van der Waals surface area contributed by atoms with Crippen molar-refractivity contribution in [2.75, 3.05) is 7.11 Å². The molecule has 0 bridgehead atoms. The number of halogens is 1. The molecule has 6 heteroatoms. The lowest BCUT2D eigenvalue weighted by Crippen LogP contribution is -2.24. The van der Waals surface area contributed by atoms with Gasteiger partial charge in [0.1, 0.15) is 11.6 Å². The zero-order chi connectivity index (χ0) is 15.3. The van der Waals surface area contributed by atoms with Gasteiger partial charge in [-0.05, 0) is 35.4 Å². The van der Waals surface area contributed by atoms with Crippen LogP contribution in [0, 0.1) is 5.82 Å². The molecule has 2 rings (SSSR count). The van der Waals surface area contributed by atoms with Gasteiger partial charge in [0.05, 0.1) is 12.9 Å². The van der Waals surface area contributed by atoms with Gasteiger partial charge in [0.15, 0.2) is 0 Å². The highest BCUT2D eigenvalue weighted by atomic mass is 32.2. The Morgan fingerprint density at radius 3 is 2.14 bits per heavy atom. The normalized spacial score (nSPS) is 11.3. The van der Waals surface area contributed by atoms with Gasteiger partial charge in [-0.25, -0.2) is 17.5 Å². The first-order valence-corrected chi connectivity index (χ1v) is 7.98. The van der Waals surface area contributed by atoms with Crippen molar-refractivity contribution in [2.45, 2.75) is 12.3 Å².